The Bertz CT molecular complexity index is 926. The standard InChI is InChI=1S/C23H24ClNO4/c1-17(26)21-9-3-5-11-23(21)29-16-19(27)14-25(15-20-8-6-12-28-20)13-18-7-2-4-10-22(18)24/h2-12,19,27H,13-16H2,1H3. The van der Waals surface area contributed by atoms with Crippen LogP contribution in [0.3, 0.4) is 0 Å². The summed E-state index contributed by atoms with van der Waals surface area (Å²) in [4.78, 5) is 13.8. The molecular formula is C23H24ClNO4. The van der Waals surface area contributed by atoms with Crippen LogP contribution in [-0.2, 0) is 13.1 Å². The molecule has 152 valence electrons. The van der Waals surface area contributed by atoms with Crippen molar-refractivity contribution in [3.05, 3.63) is 88.8 Å². The highest BCUT2D eigenvalue weighted by Crippen LogP contribution is 2.20. The van der Waals surface area contributed by atoms with E-state index in [-0.39, 0.29) is 12.4 Å². The second kappa shape index (κ2) is 10.3. The average Bonchev–Trinajstić information content (AvgIpc) is 3.21. The van der Waals surface area contributed by atoms with E-state index < -0.39 is 6.10 Å². The van der Waals surface area contributed by atoms with E-state index in [0.717, 1.165) is 11.3 Å². The second-order valence-electron chi connectivity index (χ2n) is 6.86. The minimum absolute atomic E-state index is 0.0709. The van der Waals surface area contributed by atoms with Gasteiger partial charge in [0.15, 0.2) is 5.78 Å². The van der Waals surface area contributed by atoms with Gasteiger partial charge in [-0.1, -0.05) is 41.9 Å². The van der Waals surface area contributed by atoms with Gasteiger partial charge in [0, 0.05) is 18.1 Å². The van der Waals surface area contributed by atoms with Crippen molar-refractivity contribution in [2.45, 2.75) is 26.1 Å². The third-order valence-corrected chi connectivity index (χ3v) is 4.85. The Labute approximate surface area is 175 Å². The summed E-state index contributed by atoms with van der Waals surface area (Å²) in [6.07, 6.45) is 0.869. The Morgan fingerprint density at radius 2 is 1.86 bits per heavy atom. The largest absolute Gasteiger partial charge is 0.490 e. The lowest BCUT2D eigenvalue weighted by Crippen LogP contribution is -2.35. The van der Waals surface area contributed by atoms with Crippen LogP contribution in [0, 0.1) is 0 Å². The molecule has 0 aliphatic rings. The van der Waals surface area contributed by atoms with Gasteiger partial charge in [-0.05, 0) is 42.8 Å². The Morgan fingerprint density at radius 1 is 1.10 bits per heavy atom. The van der Waals surface area contributed by atoms with Crippen LogP contribution in [0.1, 0.15) is 28.6 Å². The minimum atomic E-state index is -0.757. The Morgan fingerprint density at radius 3 is 2.59 bits per heavy atom. The molecule has 5 nitrogen and oxygen atoms in total. The van der Waals surface area contributed by atoms with Crippen LogP contribution >= 0.6 is 11.6 Å². The minimum Gasteiger partial charge on any atom is -0.490 e. The Kier molecular flexibility index (Phi) is 7.47. The summed E-state index contributed by atoms with van der Waals surface area (Å²) in [6.45, 7) is 3.00. The van der Waals surface area contributed by atoms with E-state index in [0.29, 0.717) is 36.0 Å². The summed E-state index contributed by atoms with van der Waals surface area (Å²) in [6, 6.07) is 18.4. The van der Waals surface area contributed by atoms with Gasteiger partial charge in [0.2, 0.25) is 0 Å². The molecule has 1 unspecified atom stereocenters. The predicted molar refractivity (Wildman–Crippen MR) is 112 cm³/mol. The van der Waals surface area contributed by atoms with E-state index in [1.54, 1.807) is 30.5 Å². The van der Waals surface area contributed by atoms with Crippen molar-refractivity contribution in [1.29, 1.82) is 0 Å². The zero-order valence-corrected chi connectivity index (χ0v) is 17.0. The first-order valence-corrected chi connectivity index (χ1v) is 9.79. The van der Waals surface area contributed by atoms with Crippen molar-refractivity contribution < 1.29 is 19.1 Å². The number of benzene rings is 2. The van der Waals surface area contributed by atoms with Crippen LogP contribution in [0.15, 0.2) is 71.3 Å². The fourth-order valence-electron chi connectivity index (χ4n) is 3.10. The number of nitrogens with zero attached hydrogens (tertiary/aromatic N) is 1. The summed E-state index contributed by atoms with van der Waals surface area (Å²) in [5.41, 5.74) is 1.47. The molecule has 1 aromatic heterocycles. The number of rotatable bonds is 10. The lowest BCUT2D eigenvalue weighted by molar-refractivity contribution is 0.0599. The van der Waals surface area contributed by atoms with E-state index in [1.165, 1.54) is 6.92 Å². The molecule has 3 rings (SSSR count). The van der Waals surface area contributed by atoms with Gasteiger partial charge in [-0.2, -0.15) is 0 Å². The number of hydrogen-bond acceptors (Lipinski definition) is 5. The van der Waals surface area contributed by atoms with E-state index in [9.17, 15) is 9.90 Å². The van der Waals surface area contributed by atoms with Crippen LogP contribution in [0.25, 0.3) is 0 Å². The molecule has 0 aliphatic heterocycles. The molecule has 0 radical (unpaired) electrons. The molecule has 0 spiro atoms. The van der Waals surface area contributed by atoms with Gasteiger partial charge in [-0.15, -0.1) is 0 Å². The zero-order valence-electron chi connectivity index (χ0n) is 16.3. The quantitative estimate of drug-likeness (QED) is 0.493. The average molecular weight is 414 g/mol. The SMILES string of the molecule is CC(=O)c1ccccc1OCC(O)CN(Cc1ccco1)Cc1ccccc1Cl. The number of hydrogen-bond donors (Lipinski definition) is 1. The number of aliphatic hydroxyl groups excluding tert-OH is 1. The van der Waals surface area contributed by atoms with Gasteiger partial charge in [0.25, 0.3) is 0 Å². The fourth-order valence-corrected chi connectivity index (χ4v) is 3.29. The highest BCUT2D eigenvalue weighted by Gasteiger charge is 2.17. The first kappa shape index (κ1) is 21.1. The number of ether oxygens (including phenoxy) is 1. The van der Waals surface area contributed by atoms with Crippen LogP contribution in [0.5, 0.6) is 5.75 Å². The van der Waals surface area contributed by atoms with Gasteiger partial charge in [-0.3, -0.25) is 9.69 Å². The summed E-state index contributed by atoms with van der Waals surface area (Å²) in [5, 5.41) is 11.2. The second-order valence-corrected chi connectivity index (χ2v) is 7.26. The smallest absolute Gasteiger partial charge is 0.163 e. The highest BCUT2D eigenvalue weighted by atomic mass is 35.5. The number of carbonyl (C=O) groups is 1. The summed E-state index contributed by atoms with van der Waals surface area (Å²) < 4.78 is 11.2. The molecule has 1 N–H and O–H groups in total. The van der Waals surface area contributed by atoms with Gasteiger partial charge >= 0.3 is 0 Å². The molecule has 0 saturated heterocycles. The number of carbonyl (C=O) groups excluding carboxylic acids is 1. The van der Waals surface area contributed by atoms with Crippen LogP contribution in [0.4, 0.5) is 0 Å². The topological polar surface area (TPSA) is 62.9 Å². The van der Waals surface area contributed by atoms with Crippen LogP contribution in [-0.4, -0.2) is 35.0 Å². The molecule has 0 aliphatic carbocycles. The number of Topliss-reactive ketones (excluding diaryl/α,β-unsaturated/α-hetero) is 1. The molecule has 1 heterocycles. The van der Waals surface area contributed by atoms with Crippen molar-refractivity contribution in [2.75, 3.05) is 13.2 Å². The van der Waals surface area contributed by atoms with Gasteiger partial charge in [-0.25, -0.2) is 0 Å². The zero-order chi connectivity index (χ0) is 20.6. The van der Waals surface area contributed by atoms with Crippen molar-refractivity contribution in [2.24, 2.45) is 0 Å². The monoisotopic (exact) mass is 413 g/mol. The molecule has 0 fully saturated rings. The summed E-state index contributed by atoms with van der Waals surface area (Å²) in [5.74, 6) is 1.20. The maximum Gasteiger partial charge on any atom is 0.163 e. The Balaban J connectivity index is 1.65. The van der Waals surface area contributed by atoms with Crippen molar-refractivity contribution in [3.63, 3.8) is 0 Å². The van der Waals surface area contributed by atoms with Crippen molar-refractivity contribution in [1.82, 2.24) is 4.90 Å². The normalized spacial score (nSPS) is 12.1. The molecule has 2 aromatic carbocycles. The van der Waals surface area contributed by atoms with Crippen molar-refractivity contribution in [3.8, 4) is 5.75 Å². The number of halogens is 1. The third kappa shape index (κ3) is 6.19. The number of furan rings is 1. The molecule has 0 bridgehead atoms. The number of ketones is 1. The molecule has 29 heavy (non-hydrogen) atoms. The summed E-state index contributed by atoms with van der Waals surface area (Å²) >= 11 is 6.31. The fraction of sp³-hybridized carbons (Fsp3) is 0.261. The maximum atomic E-state index is 11.7. The van der Waals surface area contributed by atoms with E-state index in [1.807, 2.05) is 41.3 Å². The van der Waals surface area contributed by atoms with Gasteiger partial charge in [0.05, 0.1) is 18.4 Å². The molecule has 1 atom stereocenters. The highest BCUT2D eigenvalue weighted by molar-refractivity contribution is 6.31. The van der Waals surface area contributed by atoms with Gasteiger partial charge < -0.3 is 14.3 Å². The Hall–Kier alpha value is -2.60. The third-order valence-electron chi connectivity index (χ3n) is 4.48. The summed E-state index contributed by atoms with van der Waals surface area (Å²) in [7, 11) is 0. The van der Waals surface area contributed by atoms with Crippen LogP contribution < -0.4 is 4.74 Å². The molecule has 3 aromatic rings. The maximum absolute atomic E-state index is 11.7. The first-order chi connectivity index (χ1) is 14.0. The van der Waals surface area contributed by atoms with E-state index in [2.05, 4.69) is 0 Å². The lowest BCUT2D eigenvalue weighted by atomic mass is 10.1. The van der Waals surface area contributed by atoms with E-state index in [4.69, 9.17) is 20.8 Å². The lowest BCUT2D eigenvalue weighted by Gasteiger charge is -2.25. The van der Waals surface area contributed by atoms with E-state index >= 15 is 0 Å². The first-order valence-electron chi connectivity index (χ1n) is 9.42. The molecule has 0 saturated carbocycles. The van der Waals surface area contributed by atoms with Crippen LogP contribution in [0.2, 0.25) is 5.02 Å². The van der Waals surface area contributed by atoms with Gasteiger partial charge in [0.1, 0.15) is 24.2 Å². The number of aliphatic hydroxyl groups is 1. The molecule has 0 amide bonds. The molecule has 6 heteroatoms. The predicted octanol–water partition coefficient (Wildman–Crippen LogP) is 4.58. The number of para-hydroxylation sites is 1. The van der Waals surface area contributed by atoms with Crippen molar-refractivity contribution >= 4 is 17.4 Å². The molecular weight excluding hydrogens is 390 g/mol.